The third kappa shape index (κ3) is 3.13. The molecule has 0 heterocycles. The molecule has 0 amide bonds. The van der Waals surface area contributed by atoms with Gasteiger partial charge in [-0.05, 0) is 24.1 Å². The van der Waals surface area contributed by atoms with E-state index >= 15 is 0 Å². The third-order valence-corrected chi connectivity index (χ3v) is 2.38. The summed E-state index contributed by atoms with van der Waals surface area (Å²) >= 11 is 0. The highest BCUT2D eigenvalue weighted by atomic mass is 16.6. The molecule has 0 fully saturated rings. The summed E-state index contributed by atoms with van der Waals surface area (Å²) in [4.78, 5) is 9.89. The van der Waals surface area contributed by atoms with Gasteiger partial charge in [0.15, 0.2) is 0 Å². The zero-order valence-electron chi connectivity index (χ0n) is 8.98. The summed E-state index contributed by atoms with van der Waals surface area (Å²) in [6.45, 7) is -0.263. The van der Waals surface area contributed by atoms with Crippen LogP contribution in [0.15, 0.2) is 18.2 Å². The number of benzene rings is 1. The van der Waals surface area contributed by atoms with Gasteiger partial charge in [0, 0.05) is 12.7 Å². The molecule has 1 aromatic rings. The van der Waals surface area contributed by atoms with Crippen molar-refractivity contribution in [1.29, 1.82) is 0 Å². The Morgan fingerprint density at radius 1 is 1.41 bits per heavy atom. The molecule has 0 aromatic heterocycles. The summed E-state index contributed by atoms with van der Waals surface area (Å²) in [6.07, 6.45) is -2.36. The lowest BCUT2D eigenvalue weighted by Gasteiger charge is -2.17. The molecule has 2 unspecified atom stereocenters. The minimum atomic E-state index is -1.23. The second-order valence-electron chi connectivity index (χ2n) is 3.60. The molecule has 2 atom stereocenters. The smallest absolute Gasteiger partial charge is 0.292 e. The summed E-state index contributed by atoms with van der Waals surface area (Å²) in [5.41, 5.74) is 5.39. The van der Waals surface area contributed by atoms with Gasteiger partial charge in [0.2, 0.25) is 0 Å². The van der Waals surface area contributed by atoms with E-state index in [2.05, 4.69) is 0 Å². The number of aliphatic hydroxyl groups is 3. The van der Waals surface area contributed by atoms with Gasteiger partial charge in [-0.15, -0.1) is 0 Å². The average molecular weight is 242 g/mol. The first-order valence-corrected chi connectivity index (χ1v) is 4.98. The lowest BCUT2D eigenvalue weighted by atomic mass is 10.0. The molecule has 94 valence electrons. The van der Waals surface area contributed by atoms with Crippen LogP contribution in [0, 0.1) is 10.1 Å². The van der Waals surface area contributed by atoms with Gasteiger partial charge in [-0.2, -0.15) is 0 Å². The maximum Gasteiger partial charge on any atom is 0.292 e. The van der Waals surface area contributed by atoms with Gasteiger partial charge in [0.05, 0.1) is 11.0 Å². The van der Waals surface area contributed by atoms with E-state index < -0.39 is 17.1 Å². The van der Waals surface area contributed by atoms with Crippen LogP contribution in [0.1, 0.15) is 18.1 Å². The second-order valence-corrected chi connectivity index (χ2v) is 3.60. The highest BCUT2D eigenvalue weighted by Crippen LogP contribution is 2.27. The number of rotatable bonds is 5. The number of aliphatic hydroxyl groups excluding tert-OH is 3. The lowest BCUT2D eigenvalue weighted by Crippen LogP contribution is -2.19. The van der Waals surface area contributed by atoms with E-state index in [1.807, 2.05) is 0 Å². The number of nitrogen functional groups attached to an aromatic ring is 1. The van der Waals surface area contributed by atoms with E-state index in [1.54, 1.807) is 0 Å². The van der Waals surface area contributed by atoms with Crippen LogP contribution < -0.4 is 5.73 Å². The van der Waals surface area contributed by atoms with Crippen LogP contribution in [0.2, 0.25) is 0 Å². The quantitative estimate of drug-likeness (QED) is 0.325. The standard InChI is InChI=1S/C10H14N2O5/c11-7-5-6(1-2-8(7)12(16)17)10(15)9(14)3-4-13/h1-2,5,9-10,13-15H,3-4,11H2. The normalized spacial score (nSPS) is 14.3. The first-order chi connectivity index (χ1) is 7.97. The van der Waals surface area contributed by atoms with E-state index in [0.717, 1.165) is 0 Å². The van der Waals surface area contributed by atoms with Gasteiger partial charge in [0.1, 0.15) is 11.8 Å². The molecule has 0 radical (unpaired) electrons. The minimum Gasteiger partial charge on any atom is -0.396 e. The van der Waals surface area contributed by atoms with Crippen molar-refractivity contribution in [2.45, 2.75) is 18.6 Å². The van der Waals surface area contributed by atoms with Crippen molar-refractivity contribution in [2.75, 3.05) is 12.3 Å². The molecule has 0 aliphatic carbocycles. The number of anilines is 1. The summed E-state index contributed by atoms with van der Waals surface area (Å²) in [6, 6.07) is 3.72. The molecule has 0 bridgehead atoms. The first kappa shape index (κ1) is 13.4. The van der Waals surface area contributed by atoms with Crippen molar-refractivity contribution in [3.63, 3.8) is 0 Å². The molecule has 5 N–H and O–H groups in total. The predicted molar refractivity (Wildman–Crippen MR) is 60.2 cm³/mol. The van der Waals surface area contributed by atoms with E-state index in [9.17, 15) is 20.3 Å². The monoisotopic (exact) mass is 242 g/mol. The largest absolute Gasteiger partial charge is 0.396 e. The molecule has 0 saturated carbocycles. The van der Waals surface area contributed by atoms with Crippen molar-refractivity contribution < 1.29 is 20.2 Å². The van der Waals surface area contributed by atoms with Crippen molar-refractivity contribution in [3.8, 4) is 0 Å². The van der Waals surface area contributed by atoms with Crippen molar-refractivity contribution >= 4 is 11.4 Å². The number of nitro benzene ring substituents is 1. The Hall–Kier alpha value is -1.70. The molecule has 1 aromatic carbocycles. The van der Waals surface area contributed by atoms with Crippen molar-refractivity contribution in [3.05, 3.63) is 33.9 Å². The van der Waals surface area contributed by atoms with Crippen molar-refractivity contribution in [1.82, 2.24) is 0 Å². The molecular formula is C10H14N2O5. The highest BCUT2D eigenvalue weighted by molar-refractivity contribution is 5.59. The molecule has 7 nitrogen and oxygen atoms in total. The summed E-state index contributed by atoms with van der Waals surface area (Å²) < 4.78 is 0. The van der Waals surface area contributed by atoms with Gasteiger partial charge in [-0.25, -0.2) is 0 Å². The summed E-state index contributed by atoms with van der Waals surface area (Å²) in [5, 5.41) is 38.3. The Labute approximate surface area is 97.3 Å². The highest BCUT2D eigenvalue weighted by Gasteiger charge is 2.20. The SMILES string of the molecule is Nc1cc(C(O)C(O)CCO)ccc1[N+](=O)[O-]. The van der Waals surface area contributed by atoms with Gasteiger partial charge in [-0.3, -0.25) is 10.1 Å². The molecule has 0 aliphatic rings. The van der Waals surface area contributed by atoms with E-state index in [0.29, 0.717) is 0 Å². The number of nitrogens with two attached hydrogens (primary N) is 1. The lowest BCUT2D eigenvalue weighted by molar-refractivity contribution is -0.383. The summed E-state index contributed by atoms with van der Waals surface area (Å²) in [5.74, 6) is 0. The van der Waals surface area contributed by atoms with Gasteiger partial charge < -0.3 is 21.1 Å². The van der Waals surface area contributed by atoms with Gasteiger partial charge >= 0.3 is 0 Å². The minimum absolute atomic E-state index is 0.0120. The van der Waals surface area contributed by atoms with Crippen LogP contribution in [-0.2, 0) is 0 Å². The fourth-order valence-electron chi connectivity index (χ4n) is 1.44. The van der Waals surface area contributed by atoms with Crippen LogP contribution in [0.3, 0.4) is 0 Å². The average Bonchev–Trinajstić information content (AvgIpc) is 2.27. The molecule has 17 heavy (non-hydrogen) atoms. The Morgan fingerprint density at radius 2 is 2.06 bits per heavy atom. The van der Waals surface area contributed by atoms with Crippen molar-refractivity contribution in [2.24, 2.45) is 0 Å². The Morgan fingerprint density at radius 3 is 2.53 bits per heavy atom. The zero-order valence-corrected chi connectivity index (χ0v) is 8.98. The Bertz CT molecular complexity index is 410. The molecule has 7 heteroatoms. The fourth-order valence-corrected chi connectivity index (χ4v) is 1.44. The van der Waals surface area contributed by atoms with Crippen LogP contribution in [0.25, 0.3) is 0 Å². The van der Waals surface area contributed by atoms with Gasteiger partial charge in [0.25, 0.3) is 5.69 Å². The Kier molecular flexibility index (Phi) is 4.38. The van der Waals surface area contributed by atoms with Crippen LogP contribution in [0.5, 0.6) is 0 Å². The number of hydrogen-bond acceptors (Lipinski definition) is 6. The second kappa shape index (κ2) is 5.58. The zero-order chi connectivity index (χ0) is 13.0. The maximum absolute atomic E-state index is 10.5. The Balaban J connectivity index is 2.93. The third-order valence-electron chi connectivity index (χ3n) is 2.38. The molecule has 0 aliphatic heterocycles. The predicted octanol–water partition coefficient (Wildman–Crippen LogP) is -0.0463. The van der Waals surface area contributed by atoms with Crippen LogP contribution >= 0.6 is 0 Å². The number of hydrogen-bond donors (Lipinski definition) is 4. The van der Waals surface area contributed by atoms with Gasteiger partial charge in [-0.1, -0.05) is 0 Å². The molecule has 0 saturated heterocycles. The van der Waals surface area contributed by atoms with E-state index in [4.69, 9.17) is 10.8 Å². The topological polar surface area (TPSA) is 130 Å². The first-order valence-electron chi connectivity index (χ1n) is 4.98. The number of nitrogens with zero attached hydrogens (tertiary/aromatic N) is 1. The van der Waals surface area contributed by atoms with E-state index in [-0.39, 0.29) is 30.0 Å². The van der Waals surface area contributed by atoms with E-state index in [1.165, 1.54) is 18.2 Å². The number of nitro groups is 1. The molecular weight excluding hydrogens is 228 g/mol. The summed E-state index contributed by atoms with van der Waals surface area (Å²) in [7, 11) is 0. The fraction of sp³-hybridized carbons (Fsp3) is 0.400. The maximum atomic E-state index is 10.5. The van der Waals surface area contributed by atoms with Crippen LogP contribution in [-0.4, -0.2) is 33.0 Å². The molecule has 0 spiro atoms. The van der Waals surface area contributed by atoms with Crippen LogP contribution in [0.4, 0.5) is 11.4 Å². The molecule has 1 rings (SSSR count).